The molecule has 2 rings (SSSR count). The van der Waals surface area contributed by atoms with E-state index in [2.05, 4.69) is 4.98 Å². The maximum atomic E-state index is 11.4. The Kier molecular flexibility index (Phi) is 2.48. The van der Waals surface area contributed by atoms with Crippen LogP contribution in [0.4, 0.5) is 0 Å². The Bertz CT molecular complexity index is 569. The molecule has 0 atom stereocenters. The van der Waals surface area contributed by atoms with Crippen molar-refractivity contribution >= 4 is 22.7 Å². The predicted molar refractivity (Wildman–Crippen MR) is 59.6 cm³/mol. The van der Waals surface area contributed by atoms with Crippen LogP contribution >= 0.6 is 0 Å². The summed E-state index contributed by atoms with van der Waals surface area (Å²) in [6.45, 7) is 1.48. The van der Waals surface area contributed by atoms with Gasteiger partial charge in [-0.25, -0.2) is 0 Å². The number of hydrogen-bond donors (Lipinski definition) is 2. The van der Waals surface area contributed by atoms with Gasteiger partial charge in [-0.15, -0.1) is 0 Å². The van der Waals surface area contributed by atoms with E-state index < -0.39 is 5.97 Å². The van der Waals surface area contributed by atoms with Gasteiger partial charge in [0.2, 0.25) is 0 Å². The molecule has 4 nitrogen and oxygen atoms in total. The highest BCUT2D eigenvalue weighted by atomic mass is 16.4. The lowest BCUT2D eigenvalue weighted by molar-refractivity contribution is -0.136. The van der Waals surface area contributed by atoms with Crippen molar-refractivity contribution in [3.8, 4) is 0 Å². The number of aromatic nitrogens is 1. The van der Waals surface area contributed by atoms with Crippen molar-refractivity contribution < 1.29 is 14.7 Å². The molecule has 1 aromatic heterocycles. The van der Waals surface area contributed by atoms with Gasteiger partial charge in [0.05, 0.1) is 6.42 Å². The largest absolute Gasteiger partial charge is 0.481 e. The summed E-state index contributed by atoms with van der Waals surface area (Å²) in [4.78, 5) is 25.0. The number of aliphatic carboxylic acids is 1. The monoisotopic (exact) mass is 217 g/mol. The van der Waals surface area contributed by atoms with Crippen LogP contribution in [0.2, 0.25) is 0 Å². The summed E-state index contributed by atoms with van der Waals surface area (Å²) >= 11 is 0. The van der Waals surface area contributed by atoms with Crippen LogP contribution in [0.3, 0.4) is 0 Å². The third-order valence-corrected chi connectivity index (χ3v) is 2.46. The zero-order valence-corrected chi connectivity index (χ0v) is 8.78. The van der Waals surface area contributed by atoms with Crippen molar-refractivity contribution in [1.82, 2.24) is 4.98 Å². The van der Waals surface area contributed by atoms with Crippen molar-refractivity contribution in [2.24, 2.45) is 0 Å². The lowest BCUT2D eigenvalue weighted by atomic mass is 10.0. The standard InChI is InChI=1S/C12H11NO3/c1-7(14)10-4-8(6-12(15)16)5-11-9(10)2-3-13-11/h2-5,13H,6H2,1H3,(H,15,16). The van der Waals surface area contributed by atoms with E-state index in [0.29, 0.717) is 11.1 Å². The Morgan fingerprint density at radius 2 is 2.12 bits per heavy atom. The summed E-state index contributed by atoms with van der Waals surface area (Å²) in [5.74, 6) is -0.961. The number of carboxylic acids is 1. The maximum absolute atomic E-state index is 11.4. The molecule has 0 radical (unpaired) electrons. The van der Waals surface area contributed by atoms with Gasteiger partial charge in [-0.3, -0.25) is 9.59 Å². The van der Waals surface area contributed by atoms with Crippen LogP contribution in [0.5, 0.6) is 0 Å². The highest BCUT2D eigenvalue weighted by molar-refractivity contribution is 6.06. The maximum Gasteiger partial charge on any atom is 0.307 e. The molecule has 0 saturated carbocycles. The highest BCUT2D eigenvalue weighted by Crippen LogP contribution is 2.21. The quantitative estimate of drug-likeness (QED) is 0.772. The number of H-pyrrole nitrogens is 1. The minimum atomic E-state index is -0.902. The normalized spacial score (nSPS) is 10.6. The Morgan fingerprint density at radius 1 is 1.38 bits per heavy atom. The van der Waals surface area contributed by atoms with Gasteiger partial charge in [0.25, 0.3) is 0 Å². The Balaban J connectivity index is 2.61. The van der Waals surface area contributed by atoms with E-state index in [0.717, 1.165) is 10.9 Å². The smallest absolute Gasteiger partial charge is 0.307 e. The van der Waals surface area contributed by atoms with E-state index in [9.17, 15) is 9.59 Å². The van der Waals surface area contributed by atoms with E-state index in [-0.39, 0.29) is 12.2 Å². The van der Waals surface area contributed by atoms with Crippen molar-refractivity contribution in [3.05, 3.63) is 35.5 Å². The molecule has 1 aromatic carbocycles. The van der Waals surface area contributed by atoms with Gasteiger partial charge in [-0.1, -0.05) is 0 Å². The van der Waals surface area contributed by atoms with Gasteiger partial charge < -0.3 is 10.1 Å². The zero-order valence-electron chi connectivity index (χ0n) is 8.78. The van der Waals surface area contributed by atoms with Gasteiger partial charge in [0.1, 0.15) is 0 Å². The molecule has 16 heavy (non-hydrogen) atoms. The first-order valence-corrected chi connectivity index (χ1v) is 4.90. The molecule has 0 aliphatic heterocycles. The summed E-state index contributed by atoms with van der Waals surface area (Å²) < 4.78 is 0. The fourth-order valence-electron chi connectivity index (χ4n) is 1.79. The molecule has 0 amide bonds. The molecule has 2 aromatic rings. The van der Waals surface area contributed by atoms with Crippen LogP contribution in [0.25, 0.3) is 10.9 Å². The first kappa shape index (κ1) is 10.4. The van der Waals surface area contributed by atoms with Crippen molar-refractivity contribution in [2.45, 2.75) is 13.3 Å². The number of fused-ring (bicyclic) bond motifs is 1. The Morgan fingerprint density at radius 3 is 2.75 bits per heavy atom. The van der Waals surface area contributed by atoms with Gasteiger partial charge in [-0.05, 0) is 30.7 Å². The zero-order chi connectivity index (χ0) is 11.7. The molecule has 0 aliphatic rings. The second-order valence-corrected chi connectivity index (χ2v) is 3.71. The van der Waals surface area contributed by atoms with Gasteiger partial charge in [-0.2, -0.15) is 0 Å². The summed E-state index contributed by atoms with van der Waals surface area (Å²) in [6, 6.07) is 5.22. The highest BCUT2D eigenvalue weighted by Gasteiger charge is 2.10. The number of rotatable bonds is 3. The van der Waals surface area contributed by atoms with Crippen LogP contribution in [-0.2, 0) is 11.2 Å². The number of Topliss-reactive ketones (excluding diaryl/α,β-unsaturated/α-hetero) is 1. The topological polar surface area (TPSA) is 70.2 Å². The number of carboxylic acid groups (broad SMARTS) is 1. The van der Waals surface area contributed by atoms with E-state index >= 15 is 0 Å². The predicted octanol–water partition coefficient (Wildman–Crippen LogP) is 2.00. The van der Waals surface area contributed by atoms with Crippen LogP contribution < -0.4 is 0 Å². The van der Waals surface area contributed by atoms with Crippen LogP contribution in [0, 0.1) is 0 Å². The van der Waals surface area contributed by atoms with E-state index in [1.54, 1.807) is 18.3 Å². The molecular weight excluding hydrogens is 206 g/mol. The SMILES string of the molecule is CC(=O)c1cc(CC(=O)O)cc2[nH]ccc12. The van der Waals surface area contributed by atoms with E-state index in [1.807, 2.05) is 6.07 Å². The molecule has 1 heterocycles. The fourth-order valence-corrected chi connectivity index (χ4v) is 1.79. The van der Waals surface area contributed by atoms with Crippen LogP contribution in [0.15, 0.2) is 24.4 Å². The first-order chi connectivity index (χ1) is 7.58. The molecular formula is C12H11NO3. The van der Waals surface area contributed by atoms with Crippen molar-refractivity contribution in [2.75, 3.05) is 0 Å². The average Bonchev–Trinajstić information content (AvgIpc) is 2.62. The Hall–Kier alpha value is -2.10. The van der Waals surface area contributed by atoms with Crippen LogP contribution in [-0.4, -0.2) is 21.8 Å². The number of carbonyl (C=O) groups is 2. The minimum absolute atomic E-state index is 0.0585. The van der Waals surface area contributed by atoms with Gasteiger partial charge in [0.15, 0.2) is 5.78 Å². The fraction of sp³-hybridized carbons (Fsp3) is 0.167. The summed E-state index contributed by atoms with van der Waals surface area (Å²) in [6.07, 6.45) is 1.66. The number of hydrogen-bond acceptors (Lipinski definition) is 2. The van der Waals surface area contributed by atoms with Gasteiger partial charge >= 0.3 is 5.97 Å². The molecule has 0 spiro atoms. The molecule has 0 fully saturated rings. The second-order valence-electron chi connectivity index (χ2n) is 3.71. The number of benzene rings is 1. The molecule has 0 saturated heterocycles. The molecule has 0 unspecified atom stereocenters. The average molecular weight is 217 g/mol. The van der Waals surface area contributed by atoms with E-state index in [4.69, 9.17) is 5.11 Å². The first-order valence-electron chi connectivity index (χ1n) is 4.90. The van der Waals surface area contributed by atoms with Crippen molar-refractivity contribution in [3.63, 3.8) is 0 Å². The second kappa shape index (κ2) is 3.81. The summed E-state index contributed by atoms with van der Waals surface area (Å²) in [5, 5.41) is 9.56. The van der Waals surface area contributed by atoms with E-state index in [1.165, 1.54) is 6.92 Å². The van der Waals surface area contributed by atoms with Crippen LogP contribution in [0.1, 0.15) is 22.8 Å². The molecule has 82 valence electrons. The Labute approximate surface area is 91.9 Å². The summed E-state index contributed by atoms with van der Waals surface area (Å²) in [7, 11) is 0. The lowest BCUT2D eigenvalue weighted by Gasteiger charge is -2.03. The van der Waals surface area contributed by atoms with Gasteiger partial charge in [0, 0.05) is 22.7 Å². The number of nitrogens with one attached hydrogen (secondary N) is 1. The third-order valence-electron chi connectivity index (χ3n) is 2.46. The van der Waals surface area contributed by atoms with Crippen molar-refractivity contribution in [1.29, 1.82) is 0 Å². The molecule has 4 heteroatoms. The minimum Gasteiger partial charge on any atom is -0.481 e. The lowest BCUT2D eigenvalue weighted by Crippen LogP contribution is -2.02. The summed E-state index contributed by atoms with van der Waals surface area (Å²) in [5.41, 5.74) is 1.99. The number of ketones is 1. The number of carbonyl (C=O) groups excluding carboxylic acids is 1. The molecule has 0 bridgehead atoms. The number of aromatic amines is 1. The molecule has 2 N–H and O–H groups in total. The third kappa shape index (κ3) is 1.82. The molecule has 0 aliphatic carbocycles.